The maximum atomic E-state index is 12.9. The molecule has 0 atom stereocenters. The third-order valence-corrected chi connectivity index (χ3v) is 7.96. The lowest BCUT2D eigenvalue weighted by Gasteiger charge is -2.40. The fraction of sp³-hybridized carbons (Fsp3) is 0.455. The van der Waals surface area contributed by atoms with E-state index in [0.717, 1.165) is 17.8 Å². The van der Waals surface area contributed by atoms with Crippen LogP contribution in [0.3, 0.4) is 0 Å². The molecule has 2 aliphatic heterocycles. The van der Waals surface area contributed by atoms with E-state index in [0.29, 0.717) is 18.8 Å². The molecule has 8 nitrogen and oxygen atoms in total. The molecule has 0 unspecified atom stereocenters. The Hall–Kier alpha value is -2.86. The first-order valence-corrected chi connectivity index (χ1v) is 12.4. The molecule has 0 saturated carbocycles. The summed E-state index contributed by atoms with van der Waals surface area (Å²) in [6.07, 6.45) is -2.84. The fourth-order valence-corrected chi connectivity index (χ4v) is 5.76. The standard InChI is InChI=1S/C22H25F3N4O4S/c23-22(24,25)19-10-20(12-26-11-19)27-6-8-29(9-7-27)34(31,32)16-18-13-28(14-18)21(30)33-15-17-4-2-1-3-5-17/h1-5,10-12,18H,6-9,13-16H2. The highest BCUT2D eigenvalue weighted by Gasteiger charge is 2.38. The Kier molecular flexibility index (Phi) is 6.99. The van der Waals surface area contributed by atoms with Crippen molar-refractivity contribution < 1.29 is 31.1 Å². The van der Waals surface area contributed by atoms with E-state index in [1.807, 2.05) is 30.3 Å². The van der Waals surface area contributed by atoms with Crippen molar-refractivity contribution in [3.05, 3.63) is 59.9 Å². The molecule has 2 fully saturated rings. The number of carbonyl (C=O) groups is 1. The van der Waals surface area contributed by atoms with Gasteiger partial charge in [-0.05, 0) is 11.6 Å². The van der Waals surface area contributed by atoms with Crippen molar-refractivity contribution in [1.29, 1.82) is 0 Å². The van der Waals surface area contributed by atoms with Crippen LogP contribution >= 0.6 is 0 Å². The average molecular weight is 499 g/mol. The van der Waals surface area contributed by atoms with Gasteiger partial charge in [0.2, 0.25) is 10.0 Å². The summed E-state index contributed by atoms with van der Waals surface area (Å²) in [6.45, 7) is 1.66. The average Bonchev–Trinajstić information content (AvgIpc) is 2.80. The number of amides is 1. The van der Waals surface area contributed by atoms with Crippen LogP contribution in [0.15, 0.2) is 48.8 Å². The molecule has 0 radical (unpaired) electrons. The topological polar surface area (TPSA) is 83.0 Å². The molecule has 184 valence electrons. The second-order valence-electron chi connectivity index (χ2n) is 8.41. The third kappa shape index (κ3) is 5.79. The number of rotatable bonds is 6. The number of anilines is 1. The first-order valence-electron chi connectivity index (χ1n) is 10.8. The molecule has 1 amide bonds. The van der Waals surface area contributed by atoms with Crippen molar-refractivity contribution in [3.8, 4) is 0 Å². The smallest absolute Gasteiger partial charge is 0.417 e. The van der Waals surface area contributed by atoms with Crippen molar-refractivity contribution in [2.24, 2.45) is 5.92 Å². The van der Waals surface area contributed by atoms with Crippen LogP contribution in [0.25, 0.3) is 0 Å². The highest BCUT2D eigenvalue weighted by Crippen LogP contribution is 2.31. The van der Waals surface area contributed by atoms with Gasteiger partial charge in [-0.15, -0.1) is 0 Å². The quantitative estimate of drug-likeness (QED) is 0.609. The van der Waals surface area contributed by atoms with Gasteiger partial charge in [-0.1, -0.05) is 30.3 Å². The number of halogens is 3. The number of likely N-dealkylation sites (tertiary alicyclic amines) is 1. The minimum atomic E-state index is -4.49. The zero-order chi connectivity index (χ0) is 24.3. The minimum absolute atomic E-state index is 0.0828. The van der Waals surface area contributed by atoms with E-state index in [4.69, 9.17) is 4.74 Å². The second-order valence-corrected chi connectivity index (χ2v) is 10.4. The summed E-state index contributed by atoms with van der Waals surface area (Å²) in [7, 11) is -3.55. The molecular formula is C22H25F3N4O4S. The molecular weight excluding hydrogens is 473 g/mol. The molecule has 2 saturated heterocycles. The van der Waals surface area contributed by atoms with E-state index in [1.54, 1.807) is 4.90 Å². The van der Waals surface area contributed by atoms with Crippen molar-refractivity contribution in [2.75, 3.05) is 49.9 Å². The van der Waals surface area contributed by atoms with Gasteiger partial charge in [0.1, 0.15) is 6.61 Å². The number of piperazine rings is 1. The van der Waals surface area contributed by atoms with Crippen LogP contribution < -0.4 is 4.90 Å². The molecule has 0 spiro atoms. The van der Waals surface area contributed by atoms with Crippen molar-refractivity contribution >= 4 is 21.8 Å². The largest absolute Gasteiger partial charge is 0.445 e. The number of pyridine rings is 1. The number of ether oxygens (including phenoxy) is 1. The zero-order valence-corrected chi connectivity index (χ0v) is 19.1. The van der Waals surface area contributed by atoms with Crippen molar-refractivity contribution in [1.82, 2.24) is 14.2 Å². The van der Waals surface area contributed by atoms with E-state index in [-0.39, 0.29) is 44.5 Å². The number of carbonyl (C=O) groups excluding carboxylic acids is 1. The third-order valence-electron chi connectivity index (χ3n) is 5.92. The molecule has 4 rings (SSSR count). The number of hydrogen-bond acceptors (Lipinski definition) is 6. The van der Waals surface area contributed by atoms with Gasteiger partial charge in [-0.25, -0.2) is 13.2 Å². The molecule has 1 aromatic heterocycles. The van der Waals surface area contributed by atoms with Crippen LogP contribution in [0, 0.1) is 5.92 Å². The van der Waals surface area contributed by atoms with Crippen LogP contribution in [0.1, 0.15) is 11.1 Å². The van der Waals surface area contributed by atoms with Gasteiger partial charge < -0.3 is 14.5 Å². The second kappa shape index (κ2) is 9.79. The molecule has 3 heterocycles. The summed E-state index contributed by atoms with van der Waals surface area (Å²) in [4.78, 5) is 19.0. The summed E-state index contributed by atoms with van der Waals surface area (Å²) in [5, 5.41) is 0. The Morgan fingerprint density at radius 3 is 2.38 bits per heavy atom. The first-order chi connectivity index (χ1) is 16.1. The van der Waals surface area contributed by atoms with E-state index in [2.05, 4.69) is 4.98 Å². The minimum Gasteiger partial charge on any atom is -0.445 e. The molecule has 0 bridgehead atoms. The van der Waals surface area contributed by atoms with E-state index >= 15 is 0 Å². The molecule has 1 aromatic carbocycles. The lowest BCUT2D eigenvalue weighted by molar-refractivity contribution is -0.137. The molecule has 34 heavy (non-hydrogen) atoms. The van der Waals surface area contributed by atoms with Gasteiger partial charge >= 0.3 is 12.3 Å². The molecule has 0 N–H and O–H groups in total. The lowest BCUT2D eigenvalue weighted by Crippen LogP contribution is -2.55. The Morgan fingerprint density at radius 1 is 1.06 bits per heavy atom. The van der Waals surface area contributed by atoms with Crippen molar-refractivity contribution in [2.45, 2.75) is 12.8 Å². The van der Waals surface area contributed by atoms with Crippen LogP contribution in [-0.2, 0) is 27.5 Å². The SMILES string of the molecule is O=C(OCc1ccccc1)N1CC(CS(=O)(=O)N2CCN(c3cncc(C(F)(F)F)c3)CC2)C1. The van der Waals surface area contributed by atoms with Crippen LogP contribution in [-0.4, -0.2) is 73.7 Å². The van der Waals surface area contributed by atoms with Crippen LogP contribution in [0.2, 0.25) is 0 Å². The van der Waals surface area contributed by atoms with Crippen LogP contribution in [0.4, 0.5) is 23.7 Å². The van der Waals surface area contributed by atoms with E-state index in [9.17, 15) is 26.4 Å². The Morgan fingerprint density at radius 2 is 1.74 bits per heavy atom. The van der Waals surface area contributed by atoms with Gasteiger partial charge in [0.25, 0.3) is 0 Å². The normalized spacial score (nSPS) is 18.0. The summed E-state index contributed by atoms with van der Waals surface area (Å²) in [6, 6.07) is 10.3. The van der Waals surface area contributed by atoms with E-state index < -0.39 is 27.9 Å². The monoisotopic (exact) mass is 498 g/mol. The number of benzene rings is 1. The fourth-order valence-electron chi connectivity index (χ4n) is 4.02. The maximum Gasteiger partial charge on any atom is 0.417 e. The lowest BCUT2D eigenvalue weighted by atomic mass is 10.0. The van der Waals surface area contributed by atoms with Crippen LogP contribution in [0.5, 0.6) is 0 Å². The summed E-state index contributed by atoms with van der Waals surface area (Å²) >= 11 is 0. The number of sulfonamides is 1. The number of alkyl halides is 3. The Labute approximate surface area is 196 Å². The number of nitrogens with zero attached hydrogens (tertiary/aromatic N) is 4. The number of aromatic nitrogens is 1. The van der Waals surface area contributed by atoms with Gasteiger partial charge in [0.05, 0.1) is 23.2 Å². The Balaban J connectivity index is 1.23. The first kappa shape index (κ1) is 24.3. The molecule has 0 aliphatic carbocycles. The number of hydrogen-bond donors (Lipinski definition) is 0. The van der Waals surface area contributed by atoms with Gasteiger partial charge in [-0.3, -0.25) is 4.98 Å². The Bertz CT molecular complexity index is 1100. The summed E-state index contributed by atoms with van der Waals surface area (Å²) in [5.74, 6) is -0.263. The molecule has 2 aliphatic rings. The molecule has 12 heteroatoms. The highest BCUT2D eigenvalue weighted by atomic mass is 32.2. The van der Waals surface area contributed by atoms with Gasteiger partial charge in [-0.2, -0.15) is 17.5 Å². The van der Waals surface area contributed by atoms with Gasteiger partial charge in [0, 0.05) is 51.4 Å². The van der Waals surface area contributed by atoms with Gasteiger partial charge in [0.15, 0.2) is 0 Å². The summed E-state index contributed by atoms with van der Waals surface area (Å²) in [5.41, 5.74) is 0.350. The highest BCUT2D eigenvalue weighted by molar-refractivity contribution is 7.89. The van der Waals surface area contributed by atoms with Crippen molar-refractivity contribution in [3.63, 3.8) is 0 Å². The molecule has 2 aromatic rings. The summed E-state index contributed by atoms with van der Waals surface area (Å²) < 4.78 is 71.1. The predicted octanol–water partition coefficient (Wildman–Crippen LogP) is 2.82. The predicted molar refractivity (Wildman–Crippen MR) is 119 cm³/mol. The zero-order valence-electron chi connectivity index (χ0n) is 18.3. The maximum absolute atomic E-state index is 12.9. The van der Waals surface area contributed by atoms with E-state index in [1.165, 1.54) is 15.4 Å².